The van der Waals surface area contributed by atoms with Gasteiger partial charge in [-0.3, -0.25) is 0 Å². The molecule has 2 aromatic carbocycles. The fourth-order valence-electron chi connectivity index (χ4n) is 2.41. The maximum atomic E-state index is 12.3. The van der Waals surface area contributed by atoms with Crippen molar-refractivity contribution in [3.8, 4) is 0 Å². The Bertz CT molecular complexity index is 645. The molecule has 0 saturated carbocycles. The first-order valence-corrected chi connectivity index (χ1v) is 8.00. The topological polar surface area (TPSA) is 41.8 Å². The summed E-state index contributed by atoms with van der Waals surface area (Å²) < 4.78 is 18.3. The second-order valence-corrected chi connectivity index (χ2v) is 5.89. The van der Waals surface area contributed by atoms with Crippen LogP contribution in [0.5, 0.6) is 0 Å². The summed E-state index contributed by atoms with van der Waals surface area (Å²) in [5, 5.41) is 9.56. The molecule has 0 saturated heterocycles. The van der Waals surface area contributed by atoms with E-state index < -0.39 is 6.01 Å². The summed E-state index contributed by atoms with van der Waals surface area (Å²) in [6.45, 7) is -0.0814. The second-order valence-electron chi connectivity index (χ2n) is 4.91. The number of aliphatic hydroxyl groups is 1. The Balaban J connectivity index is 1.80. The molecule has 1 aliphatic rings. The molecule has 1 heterocycles. The van der Waals surface area contributed by atoms with E-state index in [0.717, 1.165) is 27.8 Å². The van der Waals surface area contributed by atoms with Crippen molar-refractivity contribution in [2.45, 2.75) is 17.0 Å². The number of aliphatic imine (C=N–C) groups is 1. The number of nitrogens with zero attached hydrogens (tertiary/aromatic N) is 1. The van der Waals surface area contributed by atoms with E-state index in [9.17, 15) is 9.50 Å². The van der Waals surface area contributed by atoms with Crippen molar-refractivity contribution in [1.82, 2.24) is 0 Å². The summed E-state index contributed by atoms with van der Waals surface area (Å²) in [5.41, 5.74) is 1.82. The van der Waals surface area contributed by atoms with Crippen molar-refractivity contribution in [3.63, 3.8) is 0 Å². The summed E-state index contributed by atoms with van der Waals surface area (Å²) in [7, 11) is 0. The Morgan fingerprint density at radius 3 is 2.45 bits per heavy atom. The largest absolute Gasteiger partial charge is 0.467 e. The minimum atomic E-state index is -0.445. The fraction of sp³-hybridized carbons (Fsp3) is 0.235. The third kappa shape index (κ3) is 3.15. The van der Waals surface area contributed by atoms with Gasteiger partial charge in [0.25, 0.3) is 0 Å². The highest BCUT2D eigenvalue weighted by Crippen LogP contribution is 2.32. The summed E-state index contributed by atoms with van der Waals surface area (Å²) >= 11 is 1.14. The Labute approximate surface area is 132 Å². The molecule has 0 aromatic heterocycles. The average Bonchev–Trinajstić information content (AvgIpc) is 3.01. The van der Waals surface area contributed by atoms with Crippen LogP contribution in [-0.4, -0.2) is 29.7 Å². The Hall–Kier alpha value is -1.85. The SMILES string of the molecule is OC[C@H]1N=C(c2ccccc2)O[C@@H]1c1ccc(SCF)cc1. The minimum Gasteiger partial charge on any atom is -0.467 e. The van der Waals surface area contributed by atoms with Gasteiger partial charge in [-0.2, -0.15) is 0 Å². The van der Waals surface area contributed by atoms with Gasteiger partial charge in [-0.25, -0.2) is 9.38 Å². The van der Waals surface area contributed by atoms with E-state index in [-0.39, 0.29) is 18.8 Å². The zero-order chi connectivity index (χ0) is 15.4. The first-order valence-electron chi connectivity index (χ1n) is 7.01. The molecule has 22 heavy (non-hydrogen) atoms. The van der Waals surface area contributed by atoms with E-state index in [4.69, 9.17) is 4.74 Å². The standard InChI is InChI=1S/C17H16FNO2S/c18-11-22-14-8-6-12(7-9-14)16-15(10-20)19-17(21-16)13-4-2-1-3-5-13/h1-9,15-16,20H,10-11H2/t15-,16-/m1/s1. The van der Waals surface area contributed by atoms with Gasteiger partial charge >= 0.3 is 0 Å². The second kappa shape index (κ2) is 6.94. The molecule has 3 nitrogen and oxygen atoms in total. The van der Waals surface area contributed by atoms with E-state index in [1.165, 1.54) is 0 Å². The molecule has 5 heteroatoms. The number of hydrogen-bond acceptors (Lipinski definition) is 4. The minimum absolute atomic E-state index is 0.0814. The first-order chi connectivity index (χ1) is 10.8. The van der Waals surface area contributed by atoms with Crippen LogP contribution in [0.25, 0.3) is 0 Å². The molecule has 3 rings (SSSR count). The molecule has 0 bridgehead atoms. The highest BCUT2D eigenvalue weighted by molar-refractivity contribution is 7.99. The maximum absolute atomic E-state index is 12.3. The third-order valence-corrected chi connectivity index (χ3v) is 4.22. The van der Waals surface area contributed by atoms with Gasteiger partial charge in [0, 0.05) is 10.5 Å². The molecule has 0 radical (unpaired) electrons. The zero-order valence-electron chi connectivity index (χ0n) is 11.9. The van der Waals surface area contributed by atoms with Crippen LogP contribution in [0.4, 0.5) is 4.39 Å². The maximum Gasteiger partial charge on any atom is 0.217 e. The molecule has 0 fully saturated rings. The van der Waals surface area contributed by atoms with Crippen LogP contribution >= 0.6 is 11.8 Å². The molecule has 114 valence electrons. The van der Waals surface area contributed by atoms with Gasteiger partial charge < -0.3 is 9.84 Å². The lowest BCUT2D eigenvalue weighted by molar-refractivity contribution is 0.152. The molecule has 2 atom stereocenters. The van der Waals surface area contributed by atoms with Crippen LogP contribution in [-0.2, 0) is 4.74 Å². The molecule has 0 aliphatic carbocycles. The van der Waals surface area contributed by atoms with Crippen molar-refractivity contribution in [3.05, 3.63) is 65.7 Å². The number of thioether (sulfide) groups is 1. The Morgan fingerprint density at radius 2 is 1.82 bits per heavy atom. The molecular formula is C17H16FNO2S. The number of ether oxygens (including phenoxy) is 1. The van der Waals surface area contributed by atoms with Gasteiger partial charge in [0.05, 0.1) is 6.61 Å². The number of rotatable bonds is 5. The van der Waals surface area contributed by atoms with Gasteiger partial charge in [-0.1, -0.05) is 42.1 Å². The van der Waals surface area contributed by atoms with Crippen molar-refractivity contribution >= 4 is 17.7 Å². The van der Waals surface area contributed by atoms with Crippen molar-refractivity contribution in [2.75, 3.05) is 12.6 Å². The zero-order valence-corrected chi connectivity index (χ0v) is 12.7. The smallest absolute Gasteiger partial charge is 0.217 e. The van der Waals surface area contributed by atoms with Crippen LogP contribution in [0.2, 0.25) is 0 Å². The summed E-state index contributed by atoms with van der Waals surface area (Å²) in [4.78, 5) is 5.34. The van der Waals surface area contributed by atoms with Crippen LogP contribution in [0.3, 0.4) is 0 Å². The van der Waals surface area contributed by atoms with Crippen LogP contribution < -0.4 is 0 Å². The quantitative estimate of drug-likeness (QED) is 0.857. The highest BCUT2D eigenvalue weighted by atomic mass is 32.2. The number of halogens is 1. The first kappa shape index (κ1) is 15.1. The Morgan fingerprint density at radius 1 is 1.09 bits per heavy atom. The van der Waals surface area contributed by atoms with Gasteiger partial charge in [0.1, 0.15) is 12.0 Å². The van der Waals surface area contributed by atoms with Crippen molar-refractivity contribution < 1.29 is 14.2 Å². The van der Waals surface area contributed by atoms with Gasteiger partial charge in [0.15, 0.2) is 6.10 Å². The Kier molecular flexibility index (Phi) is 4.75. The lowest BCUT2D eigenvalue weighted by Gasteiger charge is -2.16. The van der Waals surface area contributed by atoms with E-state index in [2.05, 4.69) is 4.99 Å². The molecular weight excluding hydrogens is 301 g/mol. The predicted molar refractivity (Wildman–Crippen MR) is 86.0 cm³/mol. The van der Waals surface area contributed by atoms with E-state index in [0.29, 0.717) is 5.90 Å². The number of alkyl halides is 1. The van der Waals surface area contributed by atoms with Gasteiger partial charge in [-0.05, 0) is 29.8 Å². The summed E-state index contributed by atoms with van der Waals surface area (Å²) in [6, 6.07) is 16.4. The summed E-state index contributed by atoms with van der Waals surface area (Å²) in [6.07, 6.45) is -0.315. The third-order valence-electron chi connectivity index (χ3n) is 3.51. The van der Waals surface area contributed by atoms with Crippen molar-refractivity contribution in [1.29, 1.82) is 0 Å². The van der Waals surface area contributed by atoms with Gasteiger partial charge in [-0.15, -0.1) is 0 Å². The fourth-order valence-corrected chi connectivity index (χ4v) is 2.87. The monoisotopic (exact) mass is 317 g/mol. The van der Waals surface area contributed by atoms with E-state index in [1.807, 2.05) is 54.6 Å². The van der Waals surface area contributed by atoms with Crippen molar-refractivity contribution in [2.24, 2.45) is 4.99 Å². The lowest BCUT2D eigenvalue weighted by Crippen LogP contribution is -2.17. The molecule has 0 amide bonds. The van der Waals surface area contributed by atoms with E-state index >= 15 is 0 Å². The lowest BCUT2D eigenvalue weighted by atomic mass is 10.0. The molecule has 1 N–H and O–H groups in total. The molecule has 2 aromatic rings. The average molecular weight is 317 g/mol. The molecule has 0 unspecified atom stereocenters. The normalized spacial score (nSPS) is 20.5. The summed E-state index contributed by atoms with van der Waals surface area (Å²) in [5.74, 6) is 0.548. The molecule has 1 aliphatic heterocycles. The predicted octanol–water partition coefficient (Wildman–Crippen LogP) is 3.58. The number of aliphatic hydroxyl groups excluding tert-OH is 1. The van der Waals surface area contributed by atoms with Crippen LogP contribution in [0.15, 0.2) is 64.5 Å². The number of benzene rings is 2. The number of hydrogen-bond donors (Lipinski definition) is 1. The highest BCUT2D eigenvalue weighted by Gasteiger charge is 2.32. The van der Waals surface area contributed by atoms with Crippen LogP contribution in [0.1, 0.15) is 17.2 Å². The molecule has 0 spiro atoms. The van der Waals surface area contributed by atoms with Gasteiger partial charge in [0.2, 0.25) is 5.90 Å². The van der Waals surface area contributed by atoms with E-state index in [1.54, 1.807) is 0 Å². The van der Waals surface area contributed by atoms with Crippen LogP contribution in [0, 0.1) is 0 Å².